The lowest BCUT2D eigenvalue weighted by Gasteiger charge is -2.26. The topological polar surface area (TPSA) is 18.5 Å². The highest BCUT2D eigenvalue weighted by Crippen LogP contribution is 2.29. The van der Waals surface area contributed by atoms with E-state index in [1.54, 1.807) is 6.07 Å². The third-order valence-corrected chi connectivity index (χ3v) is 3.94. The average Bonchev–Trinajstić information content (AvgIpc) is 2.53. The summed E-state index contributed by atoms with van der Waals surface area (Å²) in [6, 6.07) is 12.6. The molecule has 2 aromatic carbocycles. The van der Waals surface area contributed by atoms with Crippen LogP contribution < -0.4 is 4.74 Å². The van der Waals surface area contributed by atoms with Crippen molar-refractivity contribution in [3.63, 3.8) is 0 Å². The van der Waals surface area contributed by atoms with Gasteiger partial charge < -0.3 is 9.47 Å². The van der Waals surface area contributed by atoms with Gasteiger partial charge in [0.25, 0.3) is 0 Å². The van der Waals surface area contributed by atoms with Crippen LogP contribution in [-0.4, -0.2) is 13.2 Å². The molecule has 0 saturated heterocycles. The molecule has 0 radical (unpaired) electrons. The summed E-state index contributed by atoms with van der Waals surface area (Å²) in [5.41, 5.74) is 3.12. The molecule has 0 bridgehead atoms. The summed E-state index contributed by atoms with van der Waals surface area (Å²) >= 11 is 5.83. The maximum Gasteiger partial charge on any atom is 0.124 e. The Balaban J connectivity index is 1.74. The van der Waals surface area contributed by atoms with Crippen LogP contribution in [0, 0.1) is 5.82 Å². The fraction of sp³-hybridized carbons (Fsp3) is 0.294. The number of fused-ring (bicyclic) bond motifs is 1. The van der Waals surface area contributed by atoms with Crippen molar-refractivity contribution in [2.45, 2.75) is 18.4 Å². The van der Waals surface area contributed by atoms with Crippen molar-refractivity contribution in [1.82, 2.24) is 0 Å². The lowest BCUT2D eigenvalue weighted by atomic mass is 9.98. The van der Waals surface area contributed by atoms with Crippen LogP contribution in [0.25, 0.3) is 0 Å². The molecule has 110 valence electrons. The molecular weight excluding hydrogens is 291 g/mol. The zero-order chi connectivity index (χ0) is 14.7. The van der Waals surface area contributed by atoms with Crippen molar-refractivity contribution in [1.29, 1.82) is 0 Å². The SMILES string of the molecule is Fc1ccc(OCC2OCCc3ccccc32)c(CCl)c1. The molecule has 21 heavy (non-hydrogen) atoms. The van der Waals surface area contributed by atoms with Crippen LogP contribution >= 0.6 is 11.6 Å². The minimum Gasteiger partial charge on any atom is -0.490 e. The van der Waals surface area contributed by atoms with Gasteiger partial charge in [0.05, 0.1) is 12.5 Å². The third kappa shape index (κ3) is 3.20. The van der Waals surface area contributed by atoms with Gasteiger partial charge in [0.15, 0.2) is 0 Å². The lowest BCUT2D eigenvalue weighted by molar-refractivity contribution is 0.0100. The van der Waals surface area contributed by atoms with Crippen LogP contribution in [0.15, 0.2) is 42.5 Å². The second-order valence-corrected chi connectivity index (χ2v) is 5.27. The summed E-state index contributed by atoms with van der Waals surface area (Å²) in [6.07, 6.45) is 0.832. The standard InChI is InChI=1S/C17H16ClFO2/c18-10-13-9-14(19)5-6-16(13)21-11-17-15-4-2-1-3-12(15)7-8-20-17/h1-6,9,17H,7-8,10-11H2. The average molecular weight is 307 g/mol. The molecule has 1 aliphatic rings. The van der Waals surface area contributed by atoms with Gasteiger partial charge in [-0.3, -0.25) is 0 Å². The van der Waals surface area contributed by atoms with Crippen molar-refractivity contribution in [3.05, 3.63) is 65.0 Å². The van der Waals surface area contributed by atoms with Gasteiger partial charge in [-0.15, -0.1) is 11.6 Å². The smallest absolute Gasteiger partial charge is 0.124 e. The minimum absolute atomic E-state index is 0.0943. The molecule has 0 fully saturated rings. The molecule has 2 nitrogen and oxygen atoms in total. The van der Waals surface area contributed by atoms with Gasteiger partial charge >= 0.3 is 0 Å². The molecule has 4 heteroatoms. The van der Waals surface area contributed by atoms with Crippen molar-refractivity contribution < 1.29 is 13.9 Å². The number of hydrogen-bond donors (Lipinski definition) is 0. The Hall–Kier alpha value is -1.58. The minimum atomic E-state index is -0.308. The van der Waals surface area contributed by atoms with E-state index >= 15 is 0 Å². The Morgan fingerprint density at radius 3 is 2.95 bits per heavy atom. The Kier molecular flexibility index (Phi) is 4.42. The Morgan fingerprint density at radius 2 is 2.10 bits per heavy atom. The van der Waals surface area contributed by atoms with Crippen molar-refractivity contribution in [3.8, 4) is 5.75 Å². The second-order valence-electron chi connectivity index (χ2n) is 5.00. The predicted octanol–water partition coefficient (Wildman–Crippen LogP) is 4.26. The first-order valence-electron chi connectivity index (χ1n) is 6.94. The van der Waals surface area contributed by atoms with Crippen LogP contribution in [0.5, 0.6) is 5.75 Å². The van der Waals surface area contributed by atoms with E-state index in [9.17, 15) is 4.39 Å². The molecule has 1 atom stereocenters. The molecule has 3 rings (SSSR count). The maximum atomic E-state index is 13.2. The van der Waals surface area contributed by atoms with Crippen LogP contribution in [0.1, 0.15) is 22.8 Å². The fourth-order valence-corrected chi connectivity index (χ4v) is 2.78. The summed E-state index contributed by atoms with van der Waals surface area (Å²) in [7, 11) is 0. The lowest BCUT2D eigenvalue weighted by Crippen LogP contribution is -2.21. The summed E-state index contributed by atoms with van der Waals surface area (Å²) in [4.78, 5) is 0. The van der Waals surface area contributed by atoms with Gasteiger partial charge in [0, 0.05) is 5.56 Å². The van der Waals surface area contributed by atoms with Gasteiger partial charge in [-0.25, -0.2) is 4.39 Å². The van der Waals surface area contributed by atoms with Gasteiger partial charge in [-0.2, -0.15) is 0 Å². The van der Waals surface area contributed by atoms with Crippen LogP contribution in [0.4, 0.5) is 4.39 Å². The quantitative estimate of drug-likeness (QED) is 0.786. The van der Waals surface area contributed by atoms with Crippen LogP contribution in [-0.2, 0) is 17.0 Å². The molecular formula is C17H16ClFO2. The van der Waals surface area contributed by atoms with E-state index in [1.807, 2.05) is 12.1 Å². The van der Waals surface area contributed by atoms with Gasteiger partial charge in [-0.1, -0.05) is 24.3 Å². The first-order valence-corrected chi connectivity index (χ1v) is 7.48. The first kappa shape index (κ1) is 14.4. The van der Waals surface area contributed by atoms with Gasteiger partial charge in [0.2, 0.25) is 0 Å². The van der Waals surface area contributed by atoms with E-state index in [0.717, 1.165) is 6.42 Å². The summed E-state index contributed by atoms with van der Waals surface area (Å²) < 4.78 is 24.8. The molecule has 0 aliphatic carbocycles. The van der Waals surface area contributed by atoms with E-state index in [2.05, 4.69) is 12.1 Å². The van der Waals surface area contributed by atoms with E-state index in [4.69, 9.17) is 21.1 Å². The molecule has 0 spiro atoms. The molecule has 1 aliphatic heterocycles. The number of rotatable bonds is 4. The number of benzene rings is 2. The van der Waals surface area contributed by atoms with E-state index in [1.165, 1.54) is 23.3 Å². The molecule has 0 amide bonds. The zero-order valence-corrected chi connectivity index (χ0v) is 12.3. The molecule has 0 N–H and O–H groups in total. The maximum absolute atomic E-state index is 13.2. The van der Waals surface area contributed by atoms with Crippen molar-refractivity contribution >= 4 is 11.6 Å². The number of hydrogen-bond acceptors (Lipinski definition) is 2. The number of alkyl halides is 1. The van der Waals surface area contributed by atoms with E-state index in [-0.39, 0.29) is 17.8 Å². The summed E-state index contributed by atoms with van der Waals surface area (Å²) in [5.74, 6) is 0.519. The van der Waals surface area contributed by atoms with E-state index in [0.29, 0.717) is 24.5 Å². The number of ether oxygens (including phenoxy) is 2. The fourth-order valence-electron chi connectivity index (χ4n) is 2.57. The molecule has 0 aromatic heterocycles. The second kappa shape index (κ2) is 6.46. The zero-order valence-electron chi connectivity index (χ0n) is 11.5. The summed E-state index contributed by atoms with van der Waals surface area (Å²) in [6.45, 7) is 1.09. The highest BCUT2D eigenvalue weighted by molar-refractivity contribution is 6.17. The highest BCUT2D eigenvalue weighted by atomic mass is 35.5. The third-order valence-electron chi connectivity index (χ3n) is 3.65. The monoisotopic (exact) mass is 306 g/mol. The Morgan fingerprint density at radius 1 is 1.24 bits per heavy atom. The molecule has 1 unspecified atom stereocenters. The van der Waals surface area contributed by atoms with Crippen molar-refractivity contribution in [2.24, 2.45) is 0 Å². The summed E-state index contributed by atoms with van der Waals surface area (Å²) in [5, 5.41) is 0. The number of halogens is 2. The van der Waals surface area contributed by atoms with Gasteiger partial charge in [-0.05, 0) is 35.7 Å². The van der Waals surface area contributed by atoms with Crippen LogP contribution in [0.3, 0.4) is 0 Å². The van der Waals surface area contributed by atoms with E-state index < -0.39 is 0 Å². The van der Waals surface area contributed by atoms with Crippen LogP contribution in [0.2, 0.25) is 0 Å². The van der Waals surface area contributed by atoms with Gasteiger partial charge in [0.1, 0.15) is 24.3 Å². The predicted molar refractivity (Wildman–Crippen MR) is 80.3 cm³/mol. The largest absolute Gasteiger partial charge is 0.490 e. The Labute approximate surface area is 128 Å². The normalized spacial score (nSPS) is 17.3. The first-order chi connectivity index (χ1) is 10.3. The molecule has 1 heterocycles. The molecule has 0 saturated carbocycles. The van der Waals surface area contributed by atoms with Crippen molar-refractivity contribution in [2.75, 3.05) is 13.2 Å². The Bertz CT molecular complexity index is 630. The highest BCUT2D eigenvalue weighted by Gasteiger charge is 2.21. The molecule has 2 aromatic rings.